The van der Waals surface area contributed by atoms with Gasteiger partial charge in [0.1, 0.15) is 18.1 Å². The lowest BCUT2D eigenvalue weighted by Crippen LogP contribution is -2.41. The quantitative estimate of drug-likeness (QED) is 0.424. The number of benzene rings is 2. The second kappa shape index (κ2) is 8.37. The number of halogens is 2. The van der Waals surface area contributed by atoms with Crippen molar-refractivity contribution in [3.63, 3.8) is 0 Å². The van der Waals surface area contributed by atoms with Crippen molar-refractivity contribution in [2.24, 2.45) is 0 Å². The molecule has 6 heteroatoms. The fourth-order valence-electron chi connectivity index (χ4n) is 4.94. The molecule has 1 aromatic heterocycles. The third-order valence-corrected chi connectivity index (χ3v) is 7.16. The summed E-state index contributed by atoms with van der Waals surface area (Å²) in [5, 5.41) is 0.901. The van der Waals surface area contributed by atoms with Gasteiger partial charge >= 0.3 is 0 Å². The first-order valence-corrected chi connectivity index (χ1v) is 11.7. The Morgan fingerprint density at radius 1 is 1.10 bits per heavy atom. The second-order valence-corrected chi connectivity index (χ2v) is 9.46. The minimum absolute atomic E-state index is 0.118. The Hall–Kier alpha value is -1.82. The highest BCUT2D eigenvalue weighted by Gasteiger charge is 2.35. The molecule has 5 rings (SSSR count). The number of rotatable bonds is 5. The Labute approximate surface area is 188 Å². The van der Waals surface area contributed by atoms with Crippen LogP contribution in [0.1, 0.15) is 32.1 Å². The van der Waals surface area contributed by atoms with E-state index in [0.29, 0.717) is 34.1 Å². The Morgan fingerprint density at radius 3 is 2.70 bits per heavy atom. The SMILES string of the molecule is O=c1cc(-c2ccc(Br)cc2OCCN2C3CCCC2CC3)oc2c(Cl)cccc12. The van der Waals surface area contributed by atoms with Crippen LogP contribution in [-0.4, -0.2) is 30.1 Å². The molecule has 0 N–H and O–H groups in total. The van der Waals surface area contributed by atoms with E-state index in [9.17, 15) is 4.79 Å². The van der Waals surface area contributed by atoms with Crippen molar-refractivity contribution in [2.45, 2.75) is 44.2 Å². The van der Waals surface area contributed by atoms with Crippen LogP contribution < -0.4 is 10.2 Å². The Balaban J connectivity index is 1.42. The first-order chi connectivity index (χ1) is 14.6. The summed E-state index contributed by atoms with van der Waals surface area (Å²) in [5.41, 5.74) is 1.03. The van der Waals surface area contributed by atoms with Gasteiger partial charge in [-0.2, -0.15) is 0 Å². The fourth-order valence-corrected chi connectivity index (χ4v) is 5.50. The van der Waals surface area contributed by atoms with Gasteiger partial charge in [-0.25, -0.2) is 0 Å². The average molecular weight is 489 g/mol. The van der Waals surface area contributed by atoms with Crippen molar-refractivity contribution >= 4 is 38.5 Å². The van der Waals surface area contributed by atoms with Crippen molar-refractivity contribution in [2.75, 3.05) is 13.2 Å². The molecule has 0 spiro atoms. The van der Waals surface area contributed by atoms with Gasteiger partial charge < -0.3 is 9.15 Å². The number of piperidine rings is 1. The number of hydrogen-bond donors (Lipinski definition) is 0. The van der Waals surface area contributed by atoms with E-state index in [0.717, 1.165) is 28.7 Å². The van der Waals surface area contributed by atoms with Crippen molar-refractivity contribution in [1.82, 2.24) is 4.90 Å². The molecule has 0 saturated carbocycles. The Kier molecular flexibility index (Phi) is 5.61. The molecule has 2 saturated heterocycles. The lowest BCUT2D eigenvalue weighted by atomic mass is 10.0. The van der Waals surface area contributed by atoms with Crippen LogP contribution in [0, 0.1) is 0 Å². The molecular formula is C24H23BrClNO3. The highest BCUT2D eigenvalue weighted by molar-refractivity contribution is 9.10. The number of nitrogens with zero attached hydrogens (tertiary/aromatic N) is 1. The number of para-hydroxylation sites is 1. The summed E-state index contributed by atoms with van der Waals surface area (Å²) in [4.78, 5) is 15.2. The molecule has 2 bridgehead atoms. The van der Waals surface area contributed by atoms with E-state index in [-0.39, 0.29) is 5.43 Å². The predicted molar refractivity (Wildman–Crippen MR) is 123 cm³/mol. The molecule has 156 valence electrons. The molecule has 4 nitrogen and oxygen atoms in total. The zero-order valence-electron chi connectivity index (χ0n) is 16.6. The highest BCUT2D eigenvalue weighted by Crippen LogP contribution is 2.37. The second-order valence-electron chi connectivity index (χ2n) is 8.13. The van der Waals surface area contributed by atoms with E-state index < -0.39 is 0 Å². The Bertz CT molecular complexity index is 1130. The molecule has 2 aromatic carbocycles. The molecule has 2 aliphatic rings. The standard InChI is InChI=1S/C24H23BrClNO3/c25-15-7-10-19(23-14-21(28)18-5-2-6-20(26)24(18)30-23)22(13-15)29-12-11-27-16-3-1-4-17(27)9-8-16/h2,5-7,10,13-14,16-17H,1,3-4,8-9,11-12H2. The van der Waals surface area contributed by atoms with Gasteiger partial charge in [0.05, 0.1) is 16.0 Å². The lowest BCUT2D eigenvalue weighted by Gasteiger charge is -2.34. The first-order valence-electron chi connectivity index (χ1n) is 10.5. The van der Waals surface area contributed by atoms with Gasteiger partial charge in [-0.3, -0.25) is 9.69 Å². The maximum absolute atomic E-state index is 12.6. The van der Waals surface area contributed by atoms with Crippen LogP contribution in [0.2, 0.25) is 5.02 Å². The maximum Gasteiger partial charge on any atom is 0.193 e. The van der Waals surface area contributed by atoms with Crippen LogP contribution in [0.4, 0.5) is 0 Å². The maximum atomic E-state index is 12.6. The van der Waals surface area contributed by atoms with Gasteiger partial charge in [-0.15, -0.1) is 0 Å². The molecule has 2 unspecified atom stereocenters. The molecule has 0 amide bonds. The fraction of sp³-hybridized carbons (Fsp3) is 0.375. The molecule has 2 atom stereocenters. The largest absolute Gasteiger partial charge is 0.491 e. The molecule has 30 heavy (non-hydrogen) atoms. The first kappa shape index (κ1) is 20.1. The summed E-state index contributed by atoms with van der Waals surface area (Å²) in [6.07, 6.45) is 6.60. The zero-order chi connectivity index (χ0) is 20.7. The summed E-state index contributed by atoms with van der Waals surface area (Å²) in [7, 11) is 0. The molecule has 0 aliphatic carbocycles. The van der Waals surface area contributed by atoms with Crippen LogP contribution in [0.5, 0.6) is 5.75 Å². The molecule has 2 fully saturated rings. The Morgan fingerprint density at radius 2 is 1.90 bits per heavy atom. The lowest BCUT2D eigenvalue weighted by molar-refractivity contribution is 0.116. The minimum Gasteiger partial charge on any atom is -0.491 e. The summed E-state index contributed by atoms with van der Waals surface area (Å²) in [6.45, 7) is 1.53. The third-order valence-electron chi connectivity index (χ3n) is 6.37. The number of hydrogen-bond acceptors (Lipinski definition) is 4. The smallest absolute Gasteiger partial charge is 0.193 e. The van der Waals surface area contributed by atoms with E-state index in [4.69, 9.17) is 20.8 Å². The van der Waals surface area contributed by atoms with Crippen molar-refractivity contribution in [3.05, 3.63) is 62.2 Å². The average Bonchev–Trinajstić information content (AvgIpc) is 2.95. The van der Waals surface area contributed by atoms with Gasteiger partial charge in [-0.05, 0) is 56.0 Å². The van der Waals surface area contributed by atoms with Crippen LogP contribution >= 0.6 is 27.5 Å². The van der Waals surface area contributed by atoms with E-state index in [1.54, 1.807) is 18.2 Å². The zero-order valence-corrected chi connectivity index (χ0v) is 18.9. The van der Waals surface area contributed by atoms with Crippen molar-refractivity contribution in [3.8, 4) is 17.1 Å². The highest BCUT2D eigenvalue weighted by atomic mass is 79.9. The van der Waals surface area contributed by atoms with Gasteiger partial charge in [0.15, 0.2) is 11.0 Å². The topological polar surface area (TPSA) is 42.7 Å². The number of ether oxygens (including phenoxy) is 1. The van der Waals surface area contributed by atoms with E-state index >= 15 is 0 Å². The van der Waals surface area contributed by atoms with Crippen LogP contribution in [0.25, 0.3) is 22.3 Å². The molecular weight excluding hydrogens is 466 g/mol. The van der Waals surface area contributed by atoms with Gasteiger partial charge in [0, 0.05) is 29.2 Å². The van der Waals surface area contributed by atoms with Gasteiger partial charge in [-0.1, -0.05) is 40.0 Å². The summed E-state index contributed by atoms with van der Waals surface area (Å²) in [5.74, 6) is 1.16. The molecule has 0 radical (unpaired) electrons. The summed E-state index contributed by atoms with van der Waals surface area (Å²) >= 11 is 9.81. The van der Waals surface area contributed by atoms with Crippen molar-refractivity contribution < 1.29 is 9.15 Å². The summed E-state index contributed by atoms with van der Waals surface area (Å²) < 4.78 is 13.2. The van der Waals surface area contributed by atoms with E-state index in [1.165, 1.54) is 38.2 Å². The minimum atomic E-state index is -0.118. The summed E-state index contributed by atoms with van der Waals surface area (Å²) in [6, 6.07) is 13.9. The third kappa shape index (κ3) is 3.79. The van der Waals surface area contributed by atoms with Gasteiger partial charge in [0.25, 0.3) is 0 Å². The molecule has 2 aliphatic heterocycles. The normalized spacial score (nSPS) is 21.3. The van der Waals surface area contributed by atoms with Gasteiger partial charge in [0.2, 0.25) is 0 Å². The van der Waals surface area contributed by atoms with E-state index in [2.05, 4.69) is 20.8 Å². The monoisotopic (exact) mass is 487 g/mol. The van der Waals surface area contributed by atoms with Crippen molar-refractivity contribution in [1.29, 1.82) is 0 Å². The van der Waals surface area contributed by atoms with E-state index in [1.807, 2.05) is 18.2 Å². The molecule has 3 aromatic rings. The van der Waals surface area contributed by atoms with Crippen LogP contribution in [0.15, 0.2) is 56.1 Å². The van der Waals surface area contributed by atoms with Crippen LogP contribution in [0.3, 0.4) is 0 Å². The number of fused-ring (bicyclic) bond motifs is 3. The predicted octanol–water partition coefficient (Wildman–Crippen LogP) is 6.27. The molecule has 3 heterocycles. The van der Waals surface area contributed by atoms with Crippen LogP contribution in [-0.2, 0) is 0 Å².